The quantitative estimate of drug-likeness (QED) is 0.740. The minimum Gasteiger partial charge on any atom is -0.394 e. The van der Waals surface area contributed by atoms with Crippen molar-refractivity contribution in [3.8, 4) is 0 Å². The van der Waals surface area contributed by atoms with Crippen molar-refractivity contribution in [2.24, 2.45) is 5.41 Å². The Morgan fingerprint density at radius 2 is 1.73 bits per heavy atom. The molecule has 3 fully saturated rings. The first-order chi connectivity index (χ1) is 7.29. The van der Waals surface area contributed by atoms with E-state index >= 15 is 0 Å². The van der Waals surface area contributed by atoms with Crippen molar-refractivity contribution in [2.45, 2.75) is 37.6 Å². The highest BCUT2D eigenvalue weighted by Gasteiger charge is 2.53. The zero-order chi connectivity index (χ0) is 10.4. The van der Waals surface area contributed by atoms with Crippen LogP contribution in [0.4, 0.5) is 0 Å². The molecule has 0 amide bonds. The number of hydrogen-bond donors (Lipinski definition) is 1. The van der Waals surface area contributed by atoms with E-state index in [-0.39, 0.29) is 5.54 Å². The van der Waals surface area contributed by atoms with Gasteiger partial charge in [0.15, 0.2) is 0 Å². The summed E-state index contributed by atoms with van der Waals surface area (Å²) in [6, 6.07) is 0. The molecule has 86 valence electrons. The summed E-state index contributed by atoms with van der Waals surface area (Å²) in [5, 5.41) is 9.64. The van der Waals surface area contributed by atoms with Gasteiger partial charge in [0.05, 0.1) is 6.61 Å². The molecular formula is C12H21NO2. The molecule has 3 nitrogen and oxygen atoms in total. The summed E-state index contributed by atoms with van der Waals surface area (Å²) >= 11 is 0. The van der Waals surface area contributed by atoms with E-state index in [1.807, 2.05) is 0 Å². The molecule has 1 spiro atoms. The summed E-state index contributed by atoms with van der Waals surface area (Å²) < 4.78 is 5.40. The van der Waals surface area contributed by atoms with E-state index in [0.29, 0.717) is 12.0 Å². The number of aliphatic hydroxyl groups is 1. The molecule has 0 aromatic heterocycles. The molecule has 0 unspecified atom stereocenters. The van der Waals surface area contributed by atoms with Gasteiger partial charge in [-0.2, -0.15) is 0 Å². The van der Waals surface area contributed by atoms with E-state index < -0.39 is 0 Å². The van der Waals surface area contributed by atoms with Crippen LogP contribution >= 0.6 is 0 Å². The smallest absolute Gasteiger partial charge is 0.0617 e. The molecular weight excluding hydrogens is 190 g/mol. The van der Waals surface area contributed by atoms with E-state index in [9.17, 15) is 5.11 Å². The number of hydrogen-bond acceptors (Lipinski definition) is 3. The molecule has 0 aromatic carbocycles. The van der Waals surface area contributed by atoms with Crippen molar-refractivity contribution >= 4 is 0 Å². The van der Waals surface area contributed by atoms with Gasteiger partial charge in [-0.25, -0.2) is 0 Å². The average Bonchev–Trinajstić information content (AvgIpc) is 2.15. The van der Waals surface area contributed by atoms with Crippen molar-refractivity contribution in [1.82, 2.24) is 4.90 Å². The van der Waals surface area contributed by atoms with Gasteiger partial charge in [0.1, 0.15) is 0 Å². The predicted molar refractivity (Wildman–Crippen MR) is 57.7 cm³/mol. The molecule has 3 heteroatoms. The molecule has 3 rings (SSSR count). The fraction of sp³-hybridized carbons (Fsp3) is 1.00. The molecule has 1 aliphatic carbocycles. The van der Waals surface area contributed by atoms with Gasteiger partial charge in [-0.1, -0.05) is 6.42 Å². The molecule has 2 heterocycles. The zero-order valence-electron chi connectivity index (χ0n) is 9.37. The second kappa shape index (κ2) is 3.44. The molecule has 0 aromatic rings. The molecule has 1 saturated carbocycles. The Bertz CT molecular complexity index is 236. The van der Waals surface area contributed by atoms with E-state index in [1.165, 1.54) is 32.4 Å². The van der Waals surface area contributed by atoms with E-state index in [4.69, 9.17) is 4.74 Å². The van der Waals surface area contributed by atoms with E-state index in [1.54, 1.807) is 0 Å². The lowest BCUT2D eigenvalue weighted by Crippen LogP contribution is -2.69. The van der Waals surface area contributed by atoms with Crippen molar-refractivity contribution in [3.63, 3.8) is 0 Å². The highest BCUT2D eigenvalue weighted by atomic mass is 16.5. The van der Waals surface area contributed by atoms with Crippen molar-refractivity contribution < 1.29 is 9.84 Å². The van der Waals surface area contributed by atoms with Crippen LogP contribution in [0.15, 0.2) is 0 Å². The van der Waals surface area contributed by atoms with Crippen LogP contribution in [0, 0.1) is 5.41 Å². The zero-order valence-corrected chi connectivity index (χ0v) is 9.37. The fourth-order valence-electron chi connectivity index (χ4n) is 3.42. The molecule has 2 aliphatic heterocycles. The first-order valence-electron chi connectivity index (χ1n) is 6.22. The number of aliphatic hydroxyl groups excluding tert-OH is 1. The molecule has 3 aliphatic rings. The molecule has 15 heavy (non-hydrogen) atoms. The normalized spacial score (nSPS) is 33.4. The van der Waals surface area contributed by atoms with Crippen LogP contribution in [0.1, 0.15) is 32.1 Å². The SMILES string of the molecule is OCC1(N2CC3(CCC3)C2)CCOCC1. The molecule has 0 bridgehead atoms. The van der Waals surface area contributed by atoms with Crippen molar-refractivity contribution in [2.75, 3.05) is 32.9 Å². The van der Waals surface area contributed by atoms with Gasteiger partial charge in [0.2, 0.25) is 0 Å². The van der Waals surface area contributed by atoms with Crippen molar-refractivity contribution in [1.29, 1.82) is 0 Å². The standard InChI is InChI=1S/C12H21NO2/c14-10-12(4-6-15-7-5-12)13-8-11(9-13)2-1-3-11/h14H,1-10H2. The Kier molecular flexibility index (Phi) is 2.31. The molecule has 1 N–H and O–H groups in total. The van der Waals surface area contributed by atoms with Crippen molar-refractivity contribution in [3.05, 3.63) is 0 Å². The summed E-state index contributed by atoms with van der Waals surface area (Å²) in [5.74, 6) is 0. The Morgan fingerprint density at radius 1 is 1.07 bits per heavy atom. The Balaban J connectivity index is 1.64. The number of ether oxygens (including phenoxy) is 1. The largest absolute Gasteiger partial charge is 0.394 e. The van der Waals surface area contributed by atoms with Gasteiger partial charge in [-0.05, 0) is 31.1 Å². The number of likely N-dealkylation sites (tertiary alicyclic amines) is 1. The average molecular weight is 211 g/mol. The van der Waals surface area contributed by atoms with Gasteiger partial charge < -0.3 is 9.84 Å². The van der Waals surface area contributed by atoms with Gasteiger partial charge in [0.25, 0.3) is 0 Å². The Morgan fingerprint density at radius 3 is 2.20 bits per heavy atom. The van der Waals surface area contributed by atoms with Gasteiger partial charge in [-0.15, -0.1) is 0 Å². The van der Waals surface area contributed by atoms with Crippen LogP contribution in [-0.4, -0.2) is 48.5 Å². The van der Waals surface area contributed by atoms with Gasteiger partial charge >= 0.3 is 0 Å². The summed E-state index contributed by atoms with van der Waals surface area (Å²) in [7, 11) is 0. The summed E-state index contributed by atoms with van der Waals surface area (Å²) in [6.07, 6.45) is 6.28. The topological polar surface area (TPSA) is 32.7 Å². The third kappa shape index (κ3) is 1.44. The minimum absolute atomic E-state index is 0.0685. The number of nitrogens with zero attached hydrogens (tertiary/aromatic N) is 1. The van der Waals surface area contributed by atoms with Crippen LogP contribution in [0.2, 0.25) is 0 Å². The fourth-order valence-corrected chi connectivity index (χ4v) is 3.42. The molecule has 0 atom stereocenters. The minimum atomic E-state index is 0.0685. The first-order valence-corrected chi connectivity index (χ1v) is 6.22. The summed E-state index contributed by atoms with van der Waals surface area (Å²) in [6.45, 7) is 4.42. The Labute approximate surface area is 91.4 Å². The predicted octanol–water partition coefficient (Wildman–Crippen LogP) is 1.01. The van der Waals surface area contributed by atoms with Gasteiger partial charge in [0, 0.05) is 31.8 Å². The maximum Gasteiger partial charge on any atom is 0.0617 e. The van der Waals surface area contributed by atoms with Crippen LogP contribution in [-0.2, 0) is 4.74 Å². The lowest BCUT2D eigenvalue weighted by molar-refractivity contribution is -0.158. The van der Waals surface area contributed by atoms with Crippen LogP contribution in [0.5, 0.6) is 0 Å². The summed E-state index contributed by atoms with van der Waals surface area (Å²) in [4.78, 5) is 2.52. The third-order valence-corrected chi connectivity index (χ3v) is 4.86. The lowest BCUT2D eigenvalue weighted by Gasteiger charge is -2.62. The van der Waals surface area contributed by atoms with Crippen LogP contribution in [0.3, 0.4) is 0 Å². The highest BCUT2D eigenvalue weighted by Crippen LogP contribution is 2.51. The Hall–Kier alpha value is -0.120. The van der Waals surface area contributed by atoms with Crippen LogP contribution in [0.25, 0.3) is 0 Å². The number of rotatable bonds is 2. The lowest BCUT2D eigenvalue weighted by atomic mass is 9.62. The van der Waals surface area contributed by atoms with E-state index in [0.717, 1.165) is 26.1 Å². The van der Waals surface area contributed by atoms with E-state index in [2.05, 4.69) is 4.90 Å². The molecule has 0 radical (unpaired) electrons. The van der Waals surface area contributed by atoms with Gasteiger partial charge in [-0.3, -0.25) is 4.90 Å². The monoisotopic (exact) mass is 211 g/mol. The third-order valence-electron chi connectivity index (χ3n) is 4.86. The highest BCUT2D eigenvalue weighted by molar-refractivity contribution is 5.07. The maximum absolute atomic E-state index is 9.64. The summed E-state index contributed by atoms with van der Waals surface area (Å²) in [5.41, 5.74) is 0.736. The second-order valence-electron chi connectivity index (χ2n) is 5.70. The van der Waals surface area contributed by atoms with Crippen LogP contribution < -0.4 is 0 Å². The second-order valence-corrected chi connectivity index (χ2v) is 5.70. The molecule has 2 saturated heterocycles. The first kappa shape index (κ1) is 10.1. The maximum atomic E-state index is 9.64.